The predicted molar refractivity (Wildman–Crippen MR) is 153 cm³/mol. The molecule has 0 fully saturated rings. The van der Waals surface area contributed by atoms with Crippen molar-refractivity contribution >= 4 is 51.1 Å². The van der Waals surface area contributed by atoms with Crippen molar-refractivity contribution in [1.82, 2.24) is 14.6 Å². The summed E-state index contributed by atoms with van der Waals surface area (Å²) in [6, 6.07) is 19.9. The van der Waals surface area contributed by atoms with Gasteiger partial charge in [0.25, 0.3) is 11.2 Å². The third-order valence-electron chi connectivity index (χ3n) is 6.12. The van der Waals surface area contributed by atoms with Crippen molar-refractivity contribution in [2.24, 2.45) is 5.10 Å². The van der Waals surface area contributed by atoms with E-state index < -0.39 is 21.1 Å². The van der Waals surface area contributed by atoms with Crippen LogP contribution in [0, 0.1) is 20.2 Å². The molecule has 0 saturated carbocycles. The number of nitrogens with zero attached hydrogens (tertiary/aromatic N) is 6. The molecule has 6 rings (SSSR count). The van der Waals surface area contributed by atoms with Crippen LogP contribution >= 0.6 is 11.6 Å². The Morgan fingerprint density at radius 3 is 2.57 bits per heavy atom. The van der Waals surface area contributed by atoms with E-state index in [-0.39, 0.29) is 39.9 Å². The number of para-hydroxylation sites is 2. The fourth-order valence-electron chi connectivity index (χ4n) is 4.18. The number of benzene rings is 3. The molecule has 0 atom stereocenters. The maximum absolute atomic E-state index is 13.6. The van der Waals surface area contributed by atoms with Crippen LogP contribution in [0.4, 0.5) is 11.4 Å². The molecule has 0 unspecified atom stereocenters. The predicted octanol–water partition coefficient (Wildman–Crippen LogP) is 6.35. The molecule has 0 aliphatic carbocycles. The van der Waals surface area contributed by atoms with Crippen LogP contribution in [-0.2, 0) is 0 Å². The first kappa shape index (κ1) is 26.3. The van der Waals surface area contributed by atoms with Crippen molar-refractivity contribution in [1.29, 1.82) is 0 Å². The molecule has 0 radical (unpaired) electrons. The van der Waals surface area contributed by atoms with Crippen LogP contribution in [-0.4, -0.2) is 30.7 Å². The van der Waals surface area contributed by atoms with Crippen LogP contribution in [0.3, 0.4) is 0 Å². The molecule has 0 aliphatic heterocycles. The average molecular weight is 583 g/mol. The maximum Gasteiger partial charge on any atom is 0.312 e. The van der Waals surface area contributed by atoms with E-state index in [2.05, 4.69) is 15.1 Å². The number of nitro benzene ring substituents is 1. The summed E-state index contributed by atoms with van der Waals surface area (Å²) in [6.45, 7) is 0. The fourth-order valence-corrected chi connectivity index (χ4v) is 4.36. The minimum absolute atomic E-state index is 0.0761. The number of furan rings is 1. The number of halogens is 1. The number of aromatic nitrogens is 3. The quantitative estimate of drug-likeness (QED) is 0.118. The second-order valence-corrected chi connectivity index (χ2v) is 9.21. The van der Waals surface area contributed by atoms with Crippen molar-refractivity contribution < 1.29 is 19.0 Å². The lowest BCUT2D eigenvalue weighted by atomic mass is 10.2. The van der Waals surface area contributed by atoms with Gasteiger partial charge in [0.05, 0.1) is 27.0 Å². The molecule has 206 valence electrons. The van der Waals surface area contributed by atoms with Gasteiger partial charge in [0, 0.05) is 34.2 Å². The summed E-state index contributed by atoms with van der Waals surface area (Å²) >= 11 is 6.13. The van der Waals surface area contributed by atoms with Crippen LogP contribution in [0.5, 0.6) is 11.6 Å². The number of rotatable bonds is 7. The summed E-state index contributed by atoms with van der Waals surface area (Å²) in [7, 11) is 0. The normalized spacial score (nSPS) is 11.4. The highest BCUT2D eigenvalue weighted by Crippen LogP contribution is 2.34. The third-order valence-corrected chi connectivity index (χ3v) is 6.36. The minimum atomic E-state index is -0.660. The Kier molecular flexibility index (Phi) is 6.60. The molecule has 0 saturated heterocycles. The van der Waals surface area contributed by atoms with Crippen molar-refractivity contribution in [3.8, 4) is 23.2 Å². The van der Waals surface area contributed by atoms with Gasteiger partial charge in [0.15, 0.2) is 5.76 Å². The van der Waals surface area contributed by atoms with E-state index in [4.69, 9.17) is 20.8 Å². The first-order valence-electron chi connectivity index (χ1n) is 12.1. The van der Waals surface area contributed by atoms with Gasteiger partial charge in [-0.3, -0.25) is 25.0 Å². The lowest BCUT2D eigenvalue weighted by Gasteiger charge is -2.09. The van der Waals surface area contributed by atoms with Crippen LogP contribution in [0.15, 0.2) is 99.4 Å². The summed E-state index contributed by atoms with van der Waals surface area (Å²) in [5.41, 5.74) is -0.182. The van der Waals surface area contributed by atoms with E-state index in [1.165, 1.54) is 30.5 Å². The first-order chi connectivity index (χ1) is 20.3. The van der Waals surface area contributed by atoms with E-state index in [0.29, 0.717) is 21.5 Å². The molecule has 0 N–H and O–H groups in total. The molecule has 14 heteroatoms. The summed E-state index contributed by atoms with van der Waals surface area (Å²) in [5, 5.41) is 28.6. The highest BCUT2D eigenvalue weighted by molar-refractivity contribution is 6.31. The Labute approximate surface area is 239 Å². The summed E-state index contributed by atoms with van der Waals surface area (Å²) in [5.74, 6) is -0.0601. The average Bonchev–Trinajstić information content (AvgIpc) is 3.40. The lowest BCUT2D eigenvalue weighted by molar-refractivity contribution is -0.385. The van der Waals surface area contributed by atoms with Crippen molar-refractivity contribution in [3.05, 3.63) is 126 Å². The van der Waals surface area contributed by atoms with Crippen LogP contribution in [0.25, 0.3) is 33.5 Å². The fraction of sp³-hybridized carbons (Fsp3) is 0. The molecular formula is C28H15ClN6O7. The van der Waals surface area contributed by atoms with Crippen LogP contribution in [0.1, 0.15) is 5.56 Å². The van der Waals surface area contributed by atoms with E-state index in [9.17, 15) is 25.0 Å². The second kappa shape index (κ2) is 10.6. The first-order valence-corrected chi connectivity index (χ1v) is 12.5. The van der Waals surface area contributed by atoms with Gasteiger partial charge in [0.1, 0.15) is 11.8 Å². The number of nitro groups is 2. The second-order valence-electron chi connectivity index (χ2n) is 8.77. The topological polar surface area (TPSA) is 169 Å². The molecule has 0 amide bonds. The van der Waals surface area contributed by atoms with Gasteiger partial charge in [-0.15, -0.1) is 0 Å². The van der Waals surface area contributed by atoms with Crippen LogP contribution in [0.2, 0.25) is 5.02 Å². The largest absolute Gasteiger partial charge is 0.453 e. The summed E-state index contributed by atoms with van der Waals surface area (Å²) in [4.78, 5) is 43.6. The minimum Gasteiger partial charge on any atom is -0.453 e. The van der Waals surface area contributed by atoms with E-state index in [1.54, 1.807) is 48.5 Å². The Bertz CT molecular complexity index is 2120. The molecule has 42 heavy (non-hydrogen) atoms. The van der Waals surface area contributed by atoms with E-state index >= 15 is 0 Å². The molecule has 6 aromatic rings. The van der Waals surface area contributed by atoms with Crippen molar-refractivity contribution in [2.75, 3.05) is 0 Å². The van der Waals surface area contributed by atoms with Gasteiger partial charge in [-0.2, -0.15) is 9.78 Å². The highest BCUT2D eigenvalue weighted by Gasteiger charge is 2.21. The number of fused-ring (bicyclic) bond motifs is 2. The third kappa shape index (κ3) is 4.91. The van der Waals surface area contributed by atoms with Gasteiger partial charge in [-0.05, 0) is 42.5 Å². The van der Waals surface area contributed by atoms with Gasteiger partial charge >= 0.3 is 5.69 Å². The zero-order valence-corrected chi connectivity index (χ0v) is 21.8. The zero-order chi connectivity index (χ0) is 29.4. The van der Waals surface area contributed by atoms with Crippen molar-refractivity contribution in [3.63, 3.8) is 0 Å². The molecule has 0 bridgehead atoms. The Hall–Kier alpha value is -5.95. The summed E-state index contributed by atoms with van der Waals surface area (Å²) in [6.07, 6.45) is 2.17. The SMILES string of the molecule is O=c1c2ccccc2nc(-c2cc3cc(Cl)ccc3o2)n1N=Cc1cccc([N+](=O)[O-])c1Oc1ccc([N+](=O)[O-])cn1. The molecule has 3 aromatic carbocycles. The Morgan fingerprint density at radius 2 is 1.81 bits per heavy atom. The number of pyridine rings is 1. The Balaban J connectivity index is 1.49. The monoisotopic (exact) mass is 582 g/mol. The highest BCUT2D eigenvalue weighted by atomic mass is 35.5. The van der Waals surface area contributed by atoms with E-state index in [0.717, 1.165) is 16.9 Å². The maximum atomic E-state index is 13.6. The van der Waals surface area contributed by atoms with Crippen LogP contribution < -0.4 is 10.3 Å². The number of ether oxygens (including phenoxy) is 1. The van der Waals surface area contributed by atoms with E-state index in [1.807, 2.05) is 0 Å². The van der Waals surface area contributed by atoms with Gasteiger partial charge in [-0.25, -0.2) is 9.97 Å². The molecule has 0 aliphatic rings. The molecule has 3 heterocycles. The Morgan fingerprint density at radius 1 is 0.976 bits per heavy atom. The summed E-state index contributed by atoms with van der Waals surface area (Å²) < 4.78 is 12.7. The molecule has 0 spiro atoms. The standard InChI is InChI=1S/C28H15ClN6O7/c29-18-8-10-23-17(12-18)13-24(41-23)27-32-21-6-2-1-5-20(21)28(36)33(27)31-14-16-4-3-7-22(35(39)40)26(16)42-25-11-9-19(15-30-25)34(37)38/h1-15H. The molecular weight excluding hydrogens is 568 g/mol. The van der Waals surface area contributed by atoms with Gasteiger partial charge in [-0.1, -0.05) is 29.8 Å². The molecule has 3 aromatic heterocycles. The van der Waals surface area contributed by atoms with Gasteiger partial charge in [0.2, 0.25) is 17.5 Å². The number of hydrogen-bond donors (Lipinski definition) is 0. The molecule has 13 nitrogen and oxygen atoms in total. The van der Waals surface area contributed by atoms with Crippen molar-refractivity contribution in [2.45, 2.75) is 0 Å². The smallest absolute Gasteiger partial charge is 0.312 e. The zero-order valence-electron chi connectivity index (χ0n) is 21.1. The number of hydrogen-bond acceptors (Lipinski definition) is 10. The van der Waals surface area contributed by atoms with Gasteiger partial charge < -0.3 is 9.15 Å². The lowest BCUT2D eigenvalue weighted by Crippen LogP contribution is -2.20.